The Bertz CT molecular complexity index is 218. The Morgan fingerprint density at radius 3 is 3.07 bits per heavy atom. The molecule has 1 amide bonds. The standard InChI is InChI=1S/C10H18N2O2/c1-3-4-5-9-7-12(10(13)14)8(2)6-11-9/h3,8-9,11H,1,4-7H2,2H3,(H,13,14)/t8-,9+/m1/s1. The van der Waals surface area contributed by atoms with Gasteiger partial charge in [0.15, 0.2) is 0 Å². The SMILES string of the molecule is C=CCC[C@H]1CN(C(=O)O)[C@H](C)CN1. The third kappa shape index (κ3) is 2.73. The molecule has 1 aliphatic heterocycles. The fourth-order valence-electron chi connectivity index (χ4n) is 1.71. The van der Waals surface area contributed by atoms with Crippen molar-refractivity contribution in [3.05, 3.63) is 12.7 Å². The van der Waals surface area contributed by atoms with Gasteiger partial charge in [-0.1, -0.05) is 6.08 Å². The third-order valence-electron chi connectivity index (χ3n) is 2.62. The first-order chi connectivity index (χ1) is 6.65. The van der Waals surface area contributed by atoms with E-state index in [-0.39, 0.29) is 12.1 Å². The summed E-state index contributed by atoms with van der Waals surface area (Å²) in [4.78, 5) is 12.4. The van der Waals surface area contributed by atoms with Crippen LogP contribution in [0.3, 0.4) is 0 Å². The molecule has 1 saturated heterocycles. The van der Waals surface area contributed by atoms with Gasteiger partial charge in [-0.25, -0.2) is 4.79 Å². The Labute approximate surface area is 84.6 Å². The quantitative estimate of drug-likeness (QED) is 0.672. The summed E-state index contributed by atoms with van der Waals surface area (Å²) < 4.78 is 0. The van der Waals surface area contributed by atoms with Crippen LogP contribution in [0.5, 0.6) is 0 Å². The summed E-state index contributed by atoms with van der Waals surface area (Å²) in [5.41, 5.74) is 0. The van der Waals surface area contributed by atoms with Crippen molar-refractivity contribution in [3.8, 4) is 0 Å². The Morgan fingerprint density at radius 2 is 2.50 bits per heavy atom. The molecule has 80 valence electrons. The largest absolute Gasteiger partial charge is 0.465 e. The third-order valence-corrected chi connectivity index (χ3v) is 2.62. The van der Waals surface area contributed by atoms with Crippen LogP contribution in [-0.4, -0.2) is 41.3 Å². The minimum atomic E-state index is -0.817. The summed E-state index contributed by atoms with van der Waals surface area (Å²) in [6.45, 7) is 6.91. The van der Waals surface area contributed by atoms with Crippen LogP contribution in [0.4, 0.5) is 4.79 Å². The van der Waals surface area contributed by atoms with Crippen LogP contribution in [0.2, 0.25) is 0 Å². The predicted octanol–water partition coefficient (Wildman–Crippen LogP) is 1.29. The maximum atomic E-state index is 10.9. The summed E-state index contributed by atoms with van der Waals surface area (Å²) in [6.07, 6.45) is 2.94. The number of amides is 1. The molecule has 0 radical (unpaired) electrons. The van der Waals surface area contributed by atoms with E-state index in [2.05, 4.69) is 11.9 Å². The first-order valence-corrected chi connectivity index (χ1v) is 4.99. The molecule has 1 aliphatic rings. The highest BCUT2D eigenvalue weighted by Gasteiger charge is 2.27. The van der Waals surface area contributed by atoms with Crippen LogP contribution >= 0.6 is 0 Å². The molecule has 2 N–H and O–H groups in total. The first-order valence-electron chi connectivity index (χ1n) is 4.99. The van der Waals surface area contributed by atoms with Gasteiger partial charge in [0.2, 0.25) is 0 Å². The summed E-state index contributed by atoms with van der Waals surface area (Å²) >= 11 is 0. The smallest absolute Gasteiger partial charge is 0.407 e. The summed E-state index contributed by atoms with van der Waals surface area (Å²) in [7, 11) is 0. The van der Waals surface area contributed by atoms with Gasteiger partial charge in [-0.05, 0) is 19.8 Å². The van der Waals surface area contributed by atoms with Gasteiger partial charge in [-0.15, -0.1) is 6.58 Å². The van der Waals surface area contributed by atoms with Crippen molar-refractivity contribution in [2.75, 3.05) is 13.1 Å². The second-order valence-electron chi connectivity index (χ2n) is 3.76. The highest BCUT2D eigenvalue weighted by molar-refractivity contribution is 5.65. The van der Waals surface area contributed by atoms with Gasteiger partial charge in [0.1, 0.15) is 0 Å². The van der Waals surface area contributed by atoms with Crippen molar-refractivity contribution >= 4 is 6.09 Å². The molecule has 0 aromatic heterocycles. The molecular weight excluding hydrogens is 180 g/mol. The number of nitrogens with one attached hydrogen (secondary N) is 1. The Kier molecular flexibility index (Phi) is 3.95. The molecule has 1 rings (SSSR count). The molecule has 0 aliphatic carbocycles. The molecule has 0 bridgehead atoms. The van der Waals surface area contributed by atoms with E-state index in [9.17, 15) is 4.79 Å². The summed E-state index contributed by atoms with van der Waals surface area (Å²) in [5, 5.41) is 12.3. The topological polar surface area (TPSA) is 52.6 Å². The molecule has 0 aromatic carbocycles. The number of allylic oxidation sites excluding steroid dienone is 1. The molecule has 1 fully saturated rings. The monoisotopic (exact) mass is 198 g/mol. The predicted molar refractivity (Wildman–Crippen MR) is 55.4 cm³/mol. The fourth-order valence-corrected chi connectivity index (χ4v) is 1.71. The highest BCUT2D eigenvalue weighted by atomic mass is 16.4. The zero-order chi connectivity index (χ0) is 10.6. The van der Waals surface area contributed by atoms with Gasteiger partial charge in [0.05, 0.1) is 0 Å². The fraction of sp³-hybridized carbons (Fsp3) is 0.700. The van der Waals surface area contributed by atoms with Crippen molar-refractivity contribution in [3.63, 3.8) is 0 Å². The van der Waals surface area contributed by atoms with E-state index in [0.717, 1.165) is 19.4 Å². The lowest BCUT2D eigenvalue weighted by molar-refractivity contribution is 0.103. The van der Waals surface area contributed by atoms with Gasteiger partial charge in [0.25, 0.3) is 0 Å². The number of piperazine rings is 1. The molecule has 0 spiro atoms. The van der Waals surface area contributed by atoms with E-state index in [1.165, 1.54) is 4.90 Å². The minimum absolute atomic E-state index is 0.0764. The molecule has 0 saturated carbocycles. The lowest BCUT2D eigenvalue weighted by atomic mass is 10.1. The van der Waals surface area contributed by atoms with Gasteiger partial charge in [0, 0.05) is 25.2 Å². The maximum Gasteiger partial charge on any atom is 0.407 e. The Balaban J connectivity index is 2.44. The van der Waals surface area contributed by atoms with Crippen molar-refractivity contribution in [1.29, 1.82) is 0 Å². The van der Waals surface area contributed by atoms with E-state index in [1.807, 2.05) is 13.0 Å². The second kappa shape index (κ2) is 5.00. The highest BCUT2D eigenvalue weighted by Crippen LogP contribution is 2.10. The molecule has 4 heteroatoms. The molecule has 4 nitrogen and oxygen atoms in total. The van der Waals surface area contributed by atoms with Crippen molar-refractivity contribution in [2.45, 2.75) is 31.8 Å². The lowest BCUT2D eigenvalue weighted by Crippen LogP contribution is -2.56. The van der Waals surface area contributed by atoms with Crippen LogP contribution in [0.1, 0.15) is 19.8 Å². The van der Waals surface area contributed by atoms with E-state index in [4.69, 9.17) is 5.11 Å². The second-order valence-corrected chi connectivity index (χ2v) is 3.76. The molecular formula is C10H18N2O2. The maximum absolute atomic E-state index is 10.9. The minimum Gasteiger partial charge on any atom is -0.465 e. The van der Waals surface area contributed by atoms with Gasteiger partial charge in [-0.3, -0.25) is 0 Å². The summed E-state index contributed by atoms with van der Waals surface area (Å²) in [5.74, 6) is 0. The van der Waals surface area contributed by atoms with Crippen molar-refractivity contribution in [2.24, 2.45) is 0 Å². The number of carboxylic acid groups (broad SMARTS) is 1. The van der Waals surface area contributed by atoms with E-state index >= 15 is 0 Å². The number of carbonyl (C=O) groups is 1. The Hall–Kier alpha value is -1.03. The van der Waals surface area contributed by atoms with Crippen LogP contribution in [0.15, 0.2) is 12.7 Å². The van der Waals surface area contributed by atoms with Crippen LogP contribution in [-0.2, 0) is 0 Å². The van der Waals surface area contributed by atoms with Gasteiger partial charge in [-0.2, -0.15) is 0 Å². The van der Waals surface area contributed by atoms with Crippen LogP contribution in [0, 0.1) is 0 Å². The normalized spacial score (nSPS) is 27.4. The average molecular weight is 198 g/mol. The van der Waals surface area contributed by atoms with E-state index in [1.54, 1.807) is 0 Å². The number of hydrogen-bond donors (Lipinski definition) is 2. The van der Waals surface area contributed by atoms with E-state index in [0.29, 0.717) is 6.54 Å². The van der Waals surface area contributed by atoms with Gasteiger partial charge >= 0.3 is 6.09 Å². The number of nitrogens with zero attached hydrogens (tertiary/aromatic N) is 1. The first kappa shape index (κ1) is 11.0. The molecule has 0 aromatic rings. The number of rotatable bonds is 3. The lowest BCUT2D eigenvalue weighted by Gasteiger charge is -2.36. The zero-order valence-electron chi connectivity index (χ0n) is 8.57. The number of hydrogen-bond acceptors (Lipinski definition) is 2. The molecule has 0 unspecified atom stereocenters. The van der Waals surface area contributed by atoms with Gasteiger partial charge < -0.3 is 15.3 Å². The zero-order valence-corrected chi connectivity index (χ0v) is 8.57. The average Bonchev–Trinajstić information content (AvgIpc) is 2.16. The Morgan fingerprint density at radius 1 is 1.79 bits per heavy atom. The van der Waals surface area contributed by atoms with Crippen LogP contribution in [0.25, 0.3) is 0 Å². The summed E-state index contributed by atoms with van der Waals surface area (Å²) in [6, 6.07) is 0.354. The van der Waals surface area contributed by atoms with Crippen molar-refractivity contribution < 1.29 is 9.90 Å². The molecule has 14 heavy (non-hydrogen) atoms. The van der Waals surface area contributed by atoms with Crippen LogP contribution < -0.4 is 5.32 Å². The molecule has 2 atom stereocenters. The van der Waals surface area contributed by atoms with E-state index < -0.39 is 6.09 Å². The van der Waals surface area contributed by atoms with Crippen molar-refractivity contribution in [1.82, 2.24) is 10.2 Å². The molecule has 1 heterocycles.